The predicted octanol–water partition coefficient (Wildman–Crippen LogP) is 4.04. The summed E-state index contributed by atoms with van der Waals surface area (Å²) in [5.74, 6) is 0. The average Bonchev–Trinajstić information content (AvgIpc) is 1.64. The first-order chi connectivity index (χ1) is 4.12. The van der Waals surface area contributed by atoms with Crippen LogP contribution in [-0.4, -0.2) is 13.9 Å². The zero-order chi connectivity index (χ0) is 7.33. The molecule has 9 heavy (non-hydrogen) atoms. The van der Waals surface area contributed by atoms with Crippen molar-refractivity contribution in [1.82, 2.24) is 0 Å². The van der Waals surface area contributed by atoms with Crippen molar-refractivity contribution >= 4 is 63.7 Å². The lowest BCUT2D eigenvalue weighted by Gasteiger charge is -2.16. The zero-order valence-electron chi connectivity index (χ0n) is 4.84. The molecule has 0 saturated carbocycles. The number of alkyl halides is 4. The Morgan fingerprint density at radius 1 is 0.889 bits per heavy atom. The van der Waals surface area contributed by atoms with E-state index in [-0.39, 0.29) is 3.23 Å². The van der Waals surface area contributed by atoms with Crippen LogP contribution in [0.3, 0.4) is 0 Å². The Bertz CT molecular complexity index is 63.4. The van der Waals surface area contributed by atoms with Crippen LogP contribution in [0, 0.1) is 0 Å². The minimum Gasteiger partial charge on any atom is -0.0927 e. The van der Waals surface area contributed by atoms with Crippen molar-refractivity contribution < 1.29 is 0 Å². The predicted molar refractivity (Wildman–Crippen MR) is 57.4 cm³/mol. The normalized spacial score (nSPS) is 12.0. The van der Waals surface area contributed by atoms with Crippen LogP contribution in [0.4, 0.5) is 0 Å². The third kappa shape index (κ3) is 6.32. The van der Waals surface area contributed by atoms with Gasteiger partial charge in [0.25, 0.3) is 0 Å². The summed E-state index contributed by atoms with van der Waals surface area (Å²) in [6, 6.07) is 0. The SMILES string of the molecule is BrCCC(Br)(Br)CCBr. The Balaban J connectivity index is 3.43. The second-order valence-electron chi connectivity index (χ2n) is 1.73. The molecule has 0 atom stereocenters. The first-order valence-corrected chi connectivity index (χ1v) is 6.45. The monoisotopic (exact) mass is 384 g/mol. The summed E-state index contributed by atoms with van der Waals surface area (Å²) in [5.41, 5.74) is 0. The summed E-state index contributed by atoms with van der Waals surface area (Å²) >= 11 is 13.9. The first-order valence-electron chi connectivity index (χ1n) is 2.62. The van der Waals surface area contributed by atoms with Crippen molar-refractivity contribution in [2.45, 2.75) is 16.1 Å². The molecule has 0 fully saturated rings. The second kappa shape index (κ2) is 5.56. The highest BCUT2D eigenvalue weighted by atomic mass is 79.9. The molecule has 0 amide bonds. The van der Waals surface area contributed by atoms with E-state index in [2.05, 4.69) is 63.7 Å². The van der Waals surface area contributed by atoms with Gasteiger partial charge in [-0.05, 0) is 12.8 Å². The summed E-state index contributed by atoms with van der Waals surface area (Å²) in [4.78, 5) is 0. The molecule has 0 aliphatic heterocycles. The number of hydrogen-bond donors (Lipinski definition) is 0. The van der Waals surface area contributed by atoms with Gasteiger partial charge >= 0.3 is 0 Å². The summed E-state index contributed by atoms with van der Waals surface area (Å²) < 4.78 is 0.132. The molecule has 0 nitrogen and oxygen atoms in total. The standard InChI is InChI=1S/C5H8Br4/c6-3-1-5(8,9)2-4-7/h1-4H2. The molecule has 0 radical (unpaired) electrons. The van der Waals surface area contributed by atoms with E-state index >= 15 is 0 Å². The summed E-state index contributed by atoms with van der Waals surface area (Å²) in [7, 11) is 0. The third-order valence-corrected chi connectivity index (χ3v) is 3.30. The van der Waals surface area contributed by atoms with Crippen molar-refractivity contribution in [1.29, 1.82) is 0 Å². The van der Waals surface area contributed by atoms with Crippen LogP contribution in [0.15, 0.2) is 0 Å². The van der Waals surface area contributed by atoms with E-state index in [1.807, 2.05) is 0 Å². The molecule has 0 aromatic carbocycles. The van der Waals surface area contributed by atoms with Crippen LogP contribution in [0.1, 0.15) is 12.8 Å². The van der Waals surface area contributed by atoms with Gasteiger partial charge in [-0.1, -0.05) is 63.7 Å². The van der Waals surface area contributed by atoms with Crippen molar-refractivity contribution in [3.63, 3.8) is 0 Å². The maximum absolute atomic E-state index is 3.56. The Hall–Kier alpha value is 1.92. The molecule has 0 N–H and O–H groups in total. The van der Waals surface area contributed by atoms with E-state index in [0.717, 1.165) is 23.5 Å². The van der Waals surface area contributed by atoms with Gasteiger partial charge in [0.2, 0.25) is 0 Å². The lowest BCUT2D eigenvalue weighted by atomic mass is 10.3. The van der Waals surface area contributed by atoms with Crippen LogP contribution in [0.5, 0.6) is 0 Å². The minimum absolute atomic E-state index is 0.132. The fraction of sp³-hybridized carbons (Fsp3) is 1.00. The van der Waals surface area contributed by atoms with Crippen LogP contribution in [0.25, 0.3) is 0 Å². The molecule has 0 saturated heterocycles. The maximum Gasteiger partial charge on any atom is 0.0821 e. The number of hydrogen-bond acceptors (Lipinski definition) is 0. The van der Waals surface area contributed by atoms with Gasteiger partial charge in [0.15, 0.2) is 0 Å². The van der Waals surface area contributed by atoms with Gasteiger partial charge in [-0.2, -0.15) is 0 Å². The fourth-order valence-corrected chi connectivity index (χ4v) is 4.68. The quantitative estimate of drug-likeness (QED) is 0.639. The highest BCUT2D eigenvalue weighted by Gasteiger charge is 2.19. The third-order valence-electron chi connectivity index (χ3n) is 0.921. The molecular weight excluding hydrogens is 380 g/mol. The van der Waals surface area contributed by atoms with Crippen LogP contribution >= 0.6 is 63.7 Å². The van der Waals surface area contributed by atoms with Crippen molar-refractivity contribution in [3.05, 3.63) is 0 Å². The smallest absolute Gasteiger partial charge is 0.0821 e. The lowest BCUT2D eigenvalue weighted by Crippen LogP contribution is -2.11. The largest absolute Gasteiger partial charge is 0.0927 e. The maximum atomic E-state index is 3.56. The van der Waals surface area contributed by atoms with Crippen LogP contribution in [0.2, 0.25) is 0 Å². The lowest BCUT2D eigenvalue weighted by molar-refractivity contribution is 0.786. The van der Waals surface area contributed by atoms with E-state index in [1.165, 1.54) is 0 Å². The Morgan fingerprint density at radius 3 is 1.44 bits per heavy atom. The molecular formula is C5H8Br4. The summed E-state index contributed by atoms with van der Waals surface area (Å²) in [5, 5.41) is 2.05. The highest BCUT2D eigenvalue weighted by molar-refractivity contribution is 9.25. The summed E-state index contributed by atoms with van der Waals surface area (Å²) in [6.45, 7) is 0. The van der Waals surface area contributed by atoms with Gasteiger partial charge in [0, 0.05) is 10.7 Å². The van der Waals surface area contributed by atoms with Crippen LogP contribution < -0.4 is 0 Å². The molecule has 0 heterocycles. The molecule has 0 aliphatic carbocycles. The average molecular weight is 388 g/mol. The van der Waals surface area contributed by atoms with Gasteiger partial charge in [0.1, 0.15) is 0 Å². The Kier molecular flexibility index (Phi) is 6.74. The molecule has 0 spiro atoms. The van der Waals surface area contributed by atoms with Gasteiger partial charge in [-0.15, -0.1) is 0 Å². The van der Waals surface area contributed by atoms with Gasteiger partial charge in [0.05, 0.1) is 3.23 Å². The van der Waals surface area contributed by atoms with Crippen molar-refractivity contribution in [2.75, 3.05) is 10.7 Å². The highest BCUT2D eigenvalue weighted by Crippen LogP contribution is 2.34. The Morgan fingerprint density at radius 2 is 1.22 bits per heavy atom. The molecule has 0 aliphatic rings. The van der Waals surface area contributed by atoms with Crippen molar-refractivity contribution in [3.8, 4) is 0 Å². The van der Waals surface area contributed by atoms with Gasteiger partial charge in [-0.25, -0.2) is 0 Å². The van der Waals surface area contributed by atoms with Gasteiger partial charge in [-0.3, -0.25) is 0 Å². The van der Waals surface area contributed by atoms with E-state index in [9.17, 15) is 0 Å². The van der Waals surface area contributed by atoms with E-state index in [0.29, 0.717) is 0 Å². The molecule has 0 rings (SSSR count). The number of halogens is 4. The Labute approximate surface area is 89.7 Å². The zero-order valence-corrected chi connectivity index (χ0v) is 11.2. The van der Waals surface area contributed by atoms with Gasteiger partial charge < -0.3 is 0 Å². The molecule has 56 valence electrons. The molecule has 0 unspecified atom stereocenters. The molecule has 0 aromatic heterocycles. The minimum atomic E-state index is 0.132. The van der Waals surface area contributed by atoms with E-state index in [4.69, 9.17) is 0 Å². The molecule has 0 aromatic rings. The molecule has 4 heteroatoms. The van der Waals surface area contributed by atoms with E-state index in [1.54, 1.807) is 0 Å². The van der Waals surface area contributed by atoms with Crippen LogP contribution in [-0.2, 0) is 0 Å². The fourth-order valence-electron chi connectivity index (χ4n) is 0.401. The summed E-state index contributed by atoms with van der Waals surface area (Å²) in [6.07, 6.45) is 2.19. The number of rotatable bonds is 4. The van der Waals surface area contributed by atoms with E-state index < -0.39 is 0 Å². The topological polar surface area (TPSA) is 0 Å². The van der Waals surface area contributed by atoms with Crippen molar-refractivity contribution in [2.24, 2.45) is 0 Å². The first kappa shape index (κ1) is 10.9. The molecule has 0 bridgehead atoms. The second-order valence-corrected chi connectivity index (χ2v) is 7.42.